The second-order valence-corrected chi connectivity index (χ2v) is 8.44. The summed E-state index contributed by atoms with van der Waals surface area (Å²) in [5.74, 6) is 1.12. The summed E-state index contributed by atoms with van der Waals surface area (Å²) in [6.07, 6.45) is 5.03. The highest BCUT2D eigenvalue weighted by molar-refractivity contribution is 8.00. The number of hydrogen-bond donors (Lipinski definition) is 3. The van der Waals surface area contributed by atoms with Gasteiger partial charge in [0.1, 0.15) is 4.90 Å². The maximum absolute atomic E-state index is 12.5. The summed E-state index contributed by atoms with van der Waals surface area (Å²) in [6.45, 7) is 0.495. The molecule has 1 atom stereocenters. The Morgan fingerprint density at radius 3 is 3.00 bits per heavy atom. The largest absolute Gasteiger partial charge is 0.399 e. The summed E-state index contributed by atoms with van der Waals surface area (Å²) in [5, 5.41) is 1.06. The molecule has 4 N–H and O–H groups in total. The molecule has 0 saturated carbocycles. The predicted molar refractivity (Wildman–Crippen MR) is 88.0 cm³/mol. The van der Waals surface area contributed by atoms with Crippen LogP contribution in [0.1, 0.15) is 19.3 Å². The molecule has 2 heterocycles. The van der Waals surface area contributed by atoms with Crippen molar-refractivity contribution in [1.82, 2.24) is 9.71 Å². The Bertz CT molecular complexity index is 734. The standard InChI is InChI=1S/C14H19N3O2S2/c15-10-4-5-12-13(7-10)16-9-14(12)21(18,19)17-8-11-3-1-2-6-20-11/h4-5,7,9,11,16-17H,1-3,6,8,15H2. The highest BCUT2D eigenvalue weighted by atomic mass is 32.2. The third-order valence-corrected chi connectivity index (χ3v) is 6.59. The summed E-state index contributed by atoms with van der Waals surface area (Å²) >= 11 is 1.86. The molecule has 5 nitrogen and oxygen atoms in total. The van der Waals surface area contributed by atoms with Crippen LogP contribution in [-0.4, -0.2) is 30.9 Å². The maximum atomic E-state index is 12.5. The van der Waals surface area contributed by atoms with Crippen molar-refractivity contribution in [2.75, 3.05) is 18.0 Å². The fourth-order valence-corrected chi connectivity index (χ4v) is 5.19. The number of fused-ring (bicyclic) bond motifs is 1. The van der Waals surface area contributed by atoms with Crippen LogP contribution in [0.5, 0.6) is 0 Å². The van der Waals surface area contributed by atoms with E-state index in [4.69, 9.17) is 5.73 Å². The molecule has 0 spiro atoms. The predicted octanol–water partition coefficient (Wildman–Crippen LogP) is 2.31. The summed E-state index contributed by atoms with van der Waals surface area (Å²) in [7, 11) is -3.49. The van der Waals surface area contributed by atoms with Gasteiger partial charge < -0.3 is 10.7 Å². The number of hydrogen-bond acceptors (Lipinski definition) is 4. The molecule has 3 rings (SSSR count). The van der Waals surface area contributed by atoms with Gasteiger partial charge in [0, 0.05) is 34.6 Å². The third kappa shape index (κ3) is 3.20. The average Bonchev–Trinajstić information content (AvgIpc) is 2.90. The van der Waals surface area contributed by atoms with Crippen LogP contribution in [0.2, 0.25) is 0 Å². The molecule has 2 aromatic rings. The summed E-state index contributed by atoms with van der Waals surface area (Å²) in [6, 6.07) is 5.20. The van der Waals surface area contributed by atoms with E-state index in [0.29, 0.717) is 27.8 Å². The number of thioether (sulfide) groups is 1. The number of nitrogen functional groups attached to an aromatic ring is 1. The van der Waals surface area contributed by atoms with E-state index < -0.39 is 10.0 Å². The van der Waals surface area contributed by atoms with E-state index in [1.165, 1.54) is 19.0 Å². The quantitative estimate of drug-likeness (QED) is 0.753. The number of benzene rings is 1. The lowest BCUT2D eigenvalue weighted by molar-refractivity contribution is 0.574. The van der Waals surface area contributed by atoms with E-state index in [1.807, 2.05) is 11.8 Å². The van der Waals surface area contributed by atoms with Crippen molar-refractivity contribution in [2.24, 2.45) is 0 Å². The van der Waals surface area contributed by atoms with Gasteiger partial charge in [0.2, 0.25) is 10.0 Å². The van der Waals surface area contributed by atoms with Gasteiger partial charge in [-0.25, -0.2) is 13.1 Å². The first-order valence-corrected chi connectivity index (χ1v) is 9.57. The van der Waals surface area contributed by atoms with Crippen molar-refractivity contribution in [3.05, 3.63) is 24.4 Å². The van der Waals surface area contributed by atoms with Crippen LogP contribution in [-0.2, 0) is 10.0 Å². The van der Waals surface area contributed by atoms with E-state index in [2.05, 4.69) is 9.71 Å². The van der Waals surface area contributed by atoms with E-state index in [-0.39, 0.29) is 0 Å². The molecule has 0 aliphatic carbocycles. The highest BCUT2D eigenvalue weighted by Crippen LogP contribution is 2.26. The summed E-state index contributed by atoms with van der Waals surface area (Å²) < 4.78 is 27.7. The zero-order chi connectivity index (χ0) is 14.9. The van der Waals surface area contributed by atoms with Gasteiger partial charge in [-0.05, 0) is 36.8 Å². The summed E-state index contributed by atoms with van der Waals surface area (Å²) in [5.41, 5.74) is 7.06. The van der Waals surface area contributed by atoms with Gasteiger partial charge in [0.25, 0.3) is 0 Å². The van der Waals surface area contributed by atoms with Gasteiger partial charge in [-0.2, -0.15) is 11.8 Å². The number of nitrogens with two attached hydrogens (primary N) is 1. The van der Waals surface area contributed by atoms with Crippen LogP contribution in [0.3, 0.4) is 0 Å². The Morgan fingerprint density at radius 1 is 1.38 bits per heavy atom. The highest BCUT2D eigenvalue weighted by Gasteiger charge is 2.21. The SMILES string of the molecule is Nc1ccc2c(S(=O)(=O)NCC3CCCCS3)c[nH]c2c1. The molecule has 1 aromatic carbocycles. The molecular formula is C14H19N3O2S2. The van der Waals surface area contributed by atoms with Crippen LogP contribution in [0, 0.1) is 0 Å². The van der Waals surface area contributed by atoms with Crippen molar-refractivity contribution < 1.29 is 8.42 Å². The van der Waals surface area contributed by atoms with E-state index in [9.17, 15) is 8.42 Å². The molecule has 1 aliphatic rings. The van der Waals surface area contributed by atoms with E-state index in [0.717, 1.165) is 17.7 Å². The zero-order valence-electron chi connectivity index (χ0n) is 11.6. The van der Waals surface area contributed by atoms with Crippen LogP contribution >= 0.6 is 11.8 Å². The number of sulfonamides is 1. The van der Waals surface area contributed by atoms with E-state index in [1.54, 1.807) is 18.2 Å². The topological polar surface area (TPSA) is 88.0 Å². The molecule has 1 aromatic heterocycles. The van der Waals surface area contributed by atoms with Crippen molar-refractivity contribution in [3.8, 4) is 0 Å². The molecule has 0 bridgehead atoms. The second-order valence-electron chi connectivity index (χ2n) is 5.30. The van der Waals surface area contributed by atoms with Crippen molar-refractivity contribution in [2.45, 2.75) is 29.4 Å². The average molecular weight is 325 g/mol. The van der Waals surface area contributed by atoms with Gasteiger partial charge in [0.15, 0.2) is 0 Å². The van der Waals surface area contributed by atoms with Gasteiger partial charge in [-0.3, -0.25) is 0 Å². The number of anilines is 1. The number of H-pyrrole nitrogens is 1. The van der Waals surface area contributed by atoms with Crippen molar-refractivity contribution >= 4 is 38.4 Å². The summed E-state index contributed by atoms with van der Waals surface area (Å²) in [4.78, 5) is 3.26. The first-order valence-electron chi connectivity index (χ1n) is 7.04. The molecule has 0 amide bonds. The van der Waals surface area contributed by atoms with Gasteiger partial charge in [0.05, 0.1) is 0 Å². The molecule has 114 valence electrons. The Morgan fingerprint density at radius 2 is 2.24 bits per heavy atom. The molecule has 1 saturated heterocycles. The third-order valence-electron chi connectivity index (χ3n) is 3.73. The fourth-order valence-electron chi connectivity index (χ4n) is 2.59. The Kier molecular flexibility index (Phi) is 4.14. The van der Waals surface area contributed by atoms with Gasteiger partial charge >= 0.3 is 0 Å². The van der Waals surface area contributed by atoms with Gasteiger partial charge in [-0.1, -0.05) is 6.42 Å². The van der Waals surface area contributed by atoms with Crippen LogP contribution in [0.15, 0.2) is 29.3 Å². The minimum atomic E-state index is -3.49. The van der Waals surface area contributed by atoms with Crippen LogP contribution in [0.4, 0.5) is 5.69 Å². The molecule has 1 fully saturated rings. The first-order chi connectivity index (χ1) is 10.1. The number of nitrogens with one attached hydrogen (secondary N) is 2. The fraction of sp³-hybridized carbons (Fsp3) is 0.429. The lowest BCUT2D eigenvalue weighted by Gasteiger charge is -2.21. The Balaban J connectivity index is 1.79. The molecule has 21 heavy (non-hydrogen) atoms. The Hall–Kier alpha value is -1.18. The minimum absolute atomic E-state index is 0.290. The number of rotatable bonds is 4. The van der Waals surface area contributed by atoms with Crippen LogP contribution < -0.4 is 10.5 Å². The lowest BCUT2D eigenvalue weighted by Crippen LogP contribution is -2.31. The second kappa shape index (κ2) is 5.90. The lowest BCUT2D eigenvalue weighted by atomic mass is 10.2. The Labute approximate surface area is 128 Å². The minimum Gasteiger partial charge on any atom is -0.399 e. The number of aromatic amines is 1. The molecule has 1 aliphatic heterocycles. The monoisotopic (exact) mass is 325 g/mol. The van der Waals surface area contributed by atoms with Gasteiger partial charge in [-0.15, -0.1) is 0 Å². The zero-order valence-corrected chi connectivity index (χ0v) is 13.3. The maximum Gasteiger partial charge on any atom is 0.242 e. The van der Waals surface area contributed by atoms with E-state index >= 15 is 0 Å². The number of aromatic nitrogens is 1. The first kappa shape index (κ1) is 14.7. The van der Waals surface area contributed by atoms with Crippen molar-refractivity contribution in [1.29, 1.82) is 0 Å². The smallest absolute Gasteiger partial charge is 0.242 e. The molecule has 1 unspecified atom stereocenters. The van der Waals surface area contributed by atoms with Crippen LogP contribution in [0.25, 0.3) is 10.9 Å². The molecular weight excluding hydrogens is 306 g/mol. The molecule has 7 heteroatoms. The normalized spacial score (nSPS) is 19.9. The molecule has 0 radical (unpaired) electrons. The van der Waals surface area contributed by atoms with Crippen molar-refractivity contribution in [3.63, 3.8) is 0 Å².